The molecule has 0 fully saturated rings. The molecule has 0 saturated carbocycles. The van der Waals surface area contributed by atoms with Crippen molar-refractivity contribution in [1.29, 1.82) is 0 Å². The number of nitrogens with zero attached hydrogens (tertiary/aromatic N) is 3. The summed E-state index contributed by atoms with van der Waals surface area (Å²) in [5.41, 5.74) is 1.24. The molecule has 1 N–H and O–H groups in total. The maximum absolute atomic E-state index is 4.25. The second-order valence-corrected chi connectivity index (χ2v) is 4.84. The molecule has 0 aliphatic heterocycles. The van der Waals surface area contributed by atoms with Crippen molar-refractivity contribution in [2.75, 3.05) is 11.9 Å². The first-order valence-corrected chi connectivity index (χ1v) is 6.24. The minimum atomic E-state index is 0.881. The fourth-order valence-corrected chi connectivity index (χ4v) is 2.42. The Labute approximate surface area is 100 Å². The first kappa shape index (κ1) is 10.6. The summed E-state index contributed by atoms with van der Waals surface area (Å²) in [6.45, 7) is 0.881. The van der Waals surface area contributed by atoms with Crippen LogP contribution in [0.3, 0.4) is 0 Å². The van der Waals surface area contributed by atoms with Gasteiger partial charge in [0, 0.05) is 25.2 Å². The van der Waals surface area contributed by atoms with Gasteiger partial charge in [-0.1, -0.05) is 0 Å². The maximum Gasteiger partial charge on any atom is 0.183 e. The van der Waals surface area contributed by atoms with E-state index < -0.39 is 0 Å². The van der Waals surface area contributed by atoms with E-state index in [-0.39, 0.29) is 0 Å². The van der Waals surface area contributed by atoms with Crippen LogP contribution >= 0.6 is 27.3 Å². The van der Waals surface area contributed by atoms with Gasteiger partial charge in [-0.3, -0.25) is 4.68 Å². The lowest BCUT2D eigenvalue weighted by atomic mass is 10.2. The Kier molecular flexibility index (Phi) is 3.37. The van der Waals surface area contributed by atoms with E-state index in [1.54, 1.807) is 11.3 Å². The van der Waals surface area contributed by atoms with Crippen molar-refractivity contribution >= 4 is 32.4 Å². The summed E-state index contributed by atoms with van der Waals surface area (Å²) >= 11 is 4.92. The molecule has 2 aromatic rings. The fourth-order valence-electron chi connectivity index (χ4n) is 1.25. The summed E-state index contributed by atoms with van der Waals surface area (Å²) in [6.07, 6.45) is 4.88. The summed E-state index contributed by atoms with van der Waals surface area (Å²) in [6, 6.07) is 0. The summed E-state index contributed by atoms with van der Waals surface area (Å²) in [5.74, 6) is 0. The topological polar surface area (TPSA) is 42.7 Å². The quantitative estimate of drug-likeness (QED) is 0.938. The molecule has 0 spiro atoms. The van der Waals surface area contributed by atoms with E-state index in [4.69, 9.17) is 0 Å². The minimum absolute atomic E-state index is 0.881. The Balaban J connectivity index is 1.80. The zero-order chi connectivity index (χ0) is 10.7. The zero-order valence-electron chi connectivity index (χ0n) is 8.27. The molecule has 15 heavy (non-hydrogen) atoms. The number of aromatic nitrogens is 3. The average molecular weight is 287 g/mol. The highest BCUT2D eigenvalue weighted by Crippen LogP contribution is 2.19. The predicted molar refractivity (Wildman–Crippen MR) is 65.2 cm³/mol. The normalized spacial score (nSPS) is 10.5. The Morgan fingerprint density at radius 1 is 1.60 bits per heavy atom. The molecule has 0 bridgehead atoms. The third kappa shape index (κ3) is 3.04. The molecule has 6 heteroatoms. The highest BCUT2D eigenvalue weighted by Gasteiger charge is 1.99. The van der Waals surface area contributed by atoms with Gasteiger partial charge in [0.2, 0.25) is 0 Å². The van der Waals surface area contributed by atoms with E-state index >= 15 is 0 Å². The van der Waals surface area contributed by atoms with Crippen molar-refractivity contribution < 1.29 is 0 Å². The van der Waals surface area contributed by atoms with Crippen LogP contribution in [-0.4, -0.2) is 21.3 Å². The number of halogens is 1. The molecule has 0 amide bonds. The summed E-state index contributed by atoms with van der Waals surface area (Å²) in [5, 5.41) is 10.3. The minimum Gasteiger partial charge on any atom is -0.361 e. The van der Waals surface area contributed by atoms with E-state index in [2.05, 4.69) is 31.3 Å². The van der Waals surface area contributed by atoms with Gasteiger partial charge in [0.25, 0.3) is 0 Å². The van der Waals surface area contributed by atoms with Gasteiger partial charge in [-0.2, -0.15) is 5.10 Å². The lowest BCUT2D eigenvalue weighted by Gasteiger charge is -1.99. The van der Waals surface area contributed by atoms with E-state index in [1.807, 2.05) is 29.5 Å². The SMILES string of the molecule is Cn1cc(CCNc2nc(Br)cs2)cn1. The Bertz CT molecular complexity index is 397. The van der Waals surface area contributed by atoms with E-state index in [0.29, 0.717) is 0 Å². The monoisotopic (exact) mass is 286 g/mol. The number of hydrogen-bond donors (Lipinski definition) is 1. The second-order valence-electron chi connectivity index (χ2n) is 3.17. The highest BCUT2D eigenvalue weighted by atomic mass is 79.9. The van der Waals surface area contributed by atoms with Gasteiger partial charge >= 0.3 is 0 Å². The lowest BCUT2D eigenvalue weighted by molar-refractivity contribution is 0.767. The number of nitrogens with one attached hydrogen (secondary N) is 1. The molecule has 2 heterocycles. The van der Waals surface area contributed by atoms with E-state index in [0.717, 1.165) is 22.7 Å². The molecule has 0 aliphatic carbocycles. The highest BCUT2D eigenvalue weighted by molar-refractivity contribution is 9.10. The third-order valence-corrected chi connectivity index (χ3v) is 3.43. The number of rotatable bonds is 4. The first-order valence-electron chi connectivity index (χ1n) is 4.56. The van der Waals surface area contributed by atoms with Crippen molar-refractivity contribution in [1.82, 2.24) is 14.8 Å². The molecule has 0 radical (unpaired) electrons. The van der Waals surface area contributed by atoms with Gasteiger partial charge in [0.1, 0.15) is 4.60 Å². The van der Waals surface area contributed by atoms with Gasteiger partial charge in [0.15, 0.2) is 5.13 Å². The average Bonchev–Trinajstić information content (AvgIpc) is 2.76. The van der Waals surface area contributed by atoms with Crippen molar-refractivity contribution in [3.05, 3.63) is 27.9 Å². The van der Waals surface area contributed by atoms with Crippen molar-refractivity contribution in [2.24, 2.45) is 7.05 Å². The number of thiazole rings is 1. The van der Waals surface area contributed by atoms with E-state index in [9.17, 15) is 0 Å². The van der Waals surface area contributed by atoms with Crippen LogP contribution < -0.4 is 5.32 Å². The van der Waals surface area contributed by atoms with Crippen LogP contribution in [0.15, 0.2) is 22.4 Å². The van der Waals surface area contributed by atoms with Crippen LogP contribution in [0.1, 0.15) is 5.56 Å². The molecule has 0 atom stereocenters. The van der Waals surface area contributed by atoms with Crippen molar-refractivity contribution in [3.8, 4) is 0 Å². The lowest BCUT2D eigenvalue weighted by Crippen LogP contribution is -2.03. The predicted octanol–water partition coefficient (Wildman–Crippen LogP) is 2.29. The maximum atomic E-state index is 4.25. The van der Waals surface area contributed by atoms with Gasteiger partial charge in [-0.15, -0.1) is 11.3 Å². The Morgan fingerprint density at radius 3 is 3.07 bits per heavy atom. The molecule has 4 nitrogen and oxygen atoms in total. The fraction of sp³-hybridized carbons (Fsp3) is 0.333. The number of anilines is 1. The van der Waals surface area contributed by atoms with Gasteiger partial charge in [-0.05, 0) is 27.9 Å². The molecule has 0 aromatic carbocycles. The summed E-state index contributed by atoms with van der Waals surface area (Å²) in [7, 11) is 1.93. The largest absolute Gasteiger partial charge is 0.361 e. The number of hydrogen-bond acceptors (Lipinski definition) is 4. The second kappa shape index (κ2) is 4.76. The smallest absolute Gasteiger partial charge is 0.183 e. The molecule has 0 aliphatic rings. The third-order valence-electron chi connectivity index (χ3n) is 1.92. The van der Waals surface area contributed by atoms with Crippen molar-refractivity contribution in [3.63, 3.8) is 0 Å². The first-order chi connectivity index (χ1) is 7.24. The Hall–Kier alpha value is -0.880. The van der Waals surface area contributed by atoms with Crippen LogP contribution in [0, 0.1) is 0 Å². The molecule has 0 saturated heterocycles. The van der Waals surface area contributed by atoms with E-state index in [1.165, 1.54) is 5.56 Å². The van der Waals surface area contributed by atoms with Crippen LogP contribution in [0.25, 0.3) is 0 Å². The van der Waals surface area contributed by atoms with Crippen LogP contribution in [-0.2, 0) is 13.5 Å². The summed E-state index contributed by atoms with van der Waals surface area (Å²) in [4.78, 5) is 4.25. The van der Waals surface area contributed by atoms with Crippen LogP contribution in [0.2, 0.25) is 0 Å². The molecule has 2 aromatic heterocycles. The molecular weight excluding hydrogens is 276 g/mol. The van der Waals surface area contributed by atoms with Crippen LogP contribution in [0.4, 0.5) is 5.13 Å². The molecule has 0 unspecified atom stereocenters. The zero-order valence-corrected chi connectivity index (χ0v) is 10.7. The molecular formula is C9H11BrN4S. The van der Waals surface area contributed by atoms with Gasteiger partial charge in [0.05, 0.1) is 6.20 Å². The number of aryl methyl sites for hydroxylation is 1. The standard InChI is InChI=1S/C9H11BrN4S/c1-14-5-7(4-12-14)2-3-11-9-13-8(10)6-15-9/h4-6H,2-3H2,1H3,(H,11,13). The molecule has 2 rings (SSSR count). The molecule has 80 valence electrons. The summed E-state index contributed by atoms with van der Waals surface area (Å²) < 4.78 is 2.70. The van der Waals surface area contributed by atoms with Crippen molar-refractivity contribution in [2.45, 2.75) is 6.42 Å². The van der Waals surface area contributed by atoms with Gasteiger partial charge in [-0.25, -0.2) is 4.98 Å². The van der Waals surface area contributed by atoms with Gasteiger partial charge < -0.3 is 5.32 Å². The van der Waals surface area contributed by atoms with Crippen LogP contribution in [0.5, 0.6) is 0 Å². The Morgan fingerprint density at radius 2 is 2.47 bits per heavy atom.